The van der Waals surface area contributed by atoms with Gasteiger partial charge in [0.2, 0.25) is 0 Å². The summed E-state index contributed by atoms with van der Waals surface area (Å²) in [4.78, 5) is 31.1. The predicted molar refractivity (Wildman–Crippen MR) is 73.5 cm³/mol. The SMILES string of the molecule is O=c1c([N+](=O)[O-])c(/C=C\c2cccs2)nc2nc[nH]n12. The number of hydrogen-bond acceptors (Lipinski definition) is 6. The molecule has 0 saturated carbocycles. The zero-order chi connectivity index (χ0) is 14.1. The summed E-state index contributed by atoms with van der Waals surface area (Å²) in [7, 11) is 0. The average Bonchev–Trinajstić information content (AvgIpc) is 3.06. The molecule has 20 heavy (non-hydrogen) atoms. The fraction of sp³-hybridized carbons (Fsp3) is 0. The van der Waals surface area contributed by atoms with E-state index in [0.717, 1.165) is 9.39 Å². The maximum Gasteiger partial charge on any atom is 0.361 e. The number of aromatic nitrogens is 4. The van der Waals surface area contributed by atoms with Crippen LogP contribution in [0.4, 0.5) is 5.69 Å². The molecule has 0 saturated heterocycles. The Labute approximate surface area is 115 Å². The van der Waals surface area contributed by atoms with Crippen LogP contribution in [0.5, 0.6) is 0 Å². The Hall–Kier alpha value is -2.81. The van der Waals surface area contributed by atoms with Crippen LogP contribution in [0.1, 0.15) is 10.6 Å². The quantitative estimate of drug-likeness (QED) is 0.581. The van der Waals surface area contributed by atoms with Crippen molar-refractivity contribution in [2.24, 2.45) is 0 Å². The van der Waals surface area contributed by atoms with Gasteiger partial charge in [0.1, 0.15) is 6.33 Å². The van der Waals surface area contributed by atoms with Gasteiger partial charge in [0.15, 0.2) is 5.69 Å². The molecule has 100 valence electrons. The van der Waals surface area contributed by atoms with Gasteiger partial charge in [-0.25, -0.2) is 9.97 Å². The Kier molecular flexibility index (Phi) is 2.88. The summed E-state index contributed by atoms with van der Waals surface area (Å²) >= 11 is 1.48. The maximum atomic E-state index is 12.0. The van der Waals surface area contributed by atoms with Gasteiger partial charge in [-0.2, -0.15) is 4.52 Å². The number of H-pyrrole nitrogens is 1. The molecule has 0 aliphatic heterocycles. The van der Waals surface area contributed by atoms with Gasteiger partial charge in [0.05, 0.1) is 4.92 Å². The third kappa shape index (κ3) is 1.99. The molecule has 0 fully saturated rings. The molecule has 1 N–H and O–H groups in total. The first-order chi connectivity index (χ1) is 9.66. The number of rotatable bonds is 3. The second-order valence-corrected chi connectivity index (χ2v) is 4.76. The van der Waals surface area contributed by atoms with Crippen LogP contribution in [0.3, 0.4) is 0 Å². The molecule has 9 heteroatoms. The zero-order valence-corrected chi connectivity index (χ0v) is 10.7. The third-order valence-corrected chi connectivity index (χ3v) is 3.40. The smallest absolute Gasteiger partial charge is 0.277 e. The molecule has 0 aliphatic rings. The molecular formula is C11H7N5O3S. The monoisotopic (exact) mass is 289 g/mol. The lowest BCUT2D eigenvalue weighted by atomic mass is 10.3. The van der Waals surface area contributed by atoms with Gasteiger partial charge >= 0.3 is 11.2 Å². The summed E-state index contributed by atoms with van der Waals surface area (Å²) < 4.78 is 0.931. The van der Waals surface area contributed by atoms with Gasteiger partial charge in [-0.15, -0.1) is 11.3 Å². The first-order valence-electron chi connectivity index (χ1n) is 5.49. The number of aromatic amines is 1. The third-order valence-electron chi connectivity index (χ3n) is 2.57. The Morgan fingerprint density at radius 2 is 2.30 bits per heavy atom. The minimum atomic E-state index is -0.789. The predicted octanol–water partition coefficient (Wildman–Crippen LogP) is 1.56. The van der Waals surface area contributed by atoms with E-state index in [4.69, 9.17) is 0 Å². The molecule has 0 bridgehead atoms. The van der Waals surface area contributed by atoms with Gasteiger partial charge in [0.25, 0.3) is 5.78 Å². The molecule has 0 aliphatic carbocycles. The Balaban J connectivity index is 2.20. The molecule has 0 radical (unpaired) electrons. The van der Waals surface area contributed by atoms with Gasteiger partial charge in [-0.05, 0) is 23.6 Å². The molecule has 3 rings (SSSR count). The summed E-state index contributed by atoms with van der Waals surface area (Å²) in [5, 5.41) is 15.4. The van der Waals surface area contributed by atoms with Crippen molar-refractivity contribution in [3.8, 4) is 0 Å². The fourth-order valence-corrected chi connectivity index (χ4v) is 2.32. The number of nitro groups is 1. The standard InChI is InChI=1S/C11H7N5O3S/c17-10-9(16(18)19)8(4-3-7-2-1-5-20-7)14-11-12-6-13-15(10)11/h1-6H,(H,12,13,14)/b4-3-. The first-order valence-corrected chi connectivity index (χ1v) is 6.37. The molecule has 0 atom stereocenters. The highest BCUT2D eigenvalue weighted by Crippen LogP contribution is 2.17. The van der Waals surface area contributed by atoms with Crippen LogP contribution in [0.25, 0.3) is 17.9 Å². The van der Waals surface area contributed by atoms with Crippen LogP contribution >= 0.6 is 11.3 Å². The van der Waals surface area contributed by atoms with E-state index >= 15 is 0 Å². The largest absolute Gasteiger partial charge is 0.361 e. The lowest BCUT2D eigenvalue weighted by molar-refractivity contribution is -0.386. The van der Waals surface area contributed by atoms with Crippen molar-refractivity contribution in [3.05, 3.63) is 54.9 Å². The minimum Gasteiger partial charge on any atom is -0.277 e. The molecule has 0 aromatic carbocycles. The molecule has 0 unspecified atom stereocenters. The second-order valence-electron chi connectivity index (χ2n) is 3.78. The molecule has 0 spiro atoms. The highest BCUT2D eigenvalue weighted by molar-refractivity contribution is 7.10. The average molecular weight is 289 g/mol. The molecule has 0 amide bonds. The number of nitrogens with one attached hydrogen (secondary N) is 1. The fourth-order valence-electron chi connectivity index (χ4n) is 1.70. The summed E-state index contributed by atoms with van der Waals surface area (Å²) in [6.45, 7) is 0. The van der Waals surface area contributed by atoms with Crippen LogP contribution in [0.2, 0.25) is 0 Å². The van der Waals surface area contributed by atoms with E-state index < -0.39 is 16.2 Å². The topological polar surface area (TPSA) is 106 Å². The summed E-state index contributed by atoms with van der Waals surface area (Å²) in [6, 6.07) is 3.71. The minimum absolute atomic E-state index is 0.0134. The number of nitrogens with zero attached hydrogens (tertiary/aromatic N) is 4. The van der Waals surface area contributed by atoms with Crippen molar-refractivity contribution in [3.63, 3.8) is 0 Å². The number of thiophene rings is 1. The lowest BCUT2D eigenvalue weighted by Gasteiger charge is -1.97. The van der Waals surface area contributed by atoms with E-state index in [9.17, 15) is 14.9 Å². The summed E-state index contributed by atoms with van der Waals surface area (Å²) in [5.74, 6) is 0.0893. The van der Waals surface area contributed by atoms with Gasteiger partial charge in [-0.1, -0.05) is 6.07 Å². The van der Waals surface area contributed by atoms with E-state index in [1.54, 1.807) is 6.08 Å². The van der Waals surface area contributed by atoms with E-state index in [0.29, 0.717) is 0 Å². The summed E-state index contributed by atoms with van der Waals surface area (Å²) in [6.07, 6.45) is 4.36. The first kappa shape index (κ1) is 12.2. The molecule has 3 aromatic heterocycles. The Morgan fingerprint density at radius 1 is 1.45 bits per heavy atom. The van der Waals surface area contributed by atoms with E-state index in [1.807, 2.05) is 17.5 Å². The van der Waals surface area contributed by atoms with Crippen molar-refractivity contribution in [2.45, 2.75) is 0 Å². The van der Waals surface area contributed by atoms with E-state index in [2.05, 4.69) is 15.1 Å². The van der Waals surface area contributed by atoms with Crippen molar-refractivity contribution in [1.82, 2.24) is 19.6 Å². The second kappa shape index (κ2) is 4.70. The number of fused-ring (bicyclic) bond motifs is 1. The van der Waals surface area contributed by atoms with E-state index in [-0.39, 0.29) is 11.5 Å². The van der Waals surface area contributed by atoms with Gasteiger partial charge in [-0.3, -0.25) is 20.0 Å². The molecule has 3 aromatic rings. The van der Waals surface area contributed by atoms with Gasteiger partial charge < -0.3 is 0 Å². The van der Waals surface area contributed by atoms with Crippen molar-refractivity contribution in [1.29, 1.82) is 0 Å². The van der Waals surface area contributed by atoms with Crippen LogP contribution in [0.15, 0.2) is 28.6 Å². The van der Waals surface area contributed by atoms with Crippen molar-refractivity contribution in [2.75, 3.05) is 0 Å². The normalized spacial score (nSPS) is 11.4. The van der Waals surface area contributed by atoms with E-state index in [1.165, 1.54) is 23.7 Å². The maximum absolute atomic E-state index is 12.0. The van der Waals surface area contributed by atoms with Crippen molar-refractivity contribution >= 4 is 35.0 Å². The molecule has 3 heterocycles. The Bertz CT molecular complexity index is 862. The number of hydrogen-bond donors (Lipinski definition) is 1. The van der Waals surface area contributed by atoms with Crippen LogP contribution < -0.4 is 5.56 Å². The lowest BCUT2D eigenvalue weighted by Crippen LogP contribution is -2.20. The summed E-state index contributed by atoms with van der Waals surface area (Å²) in [5.41, 5.74) is -1.39. The van der Waals surface area contributed by atoms with Gasteiger partial charge in [0, 0.05) is 4.88 Å². The van der Waals surface area contributed by atoms with Crippen LogP contribution in [-0.4, -0.2) is 24.5 Å². The molecular weight excluding hydrogens is 282 g/mol. The highest BCUT2D eigenvalue weighted by atomic mass is 32.1. The van der Waals surface area contributed by atoms with Crippen LogP contribution in [0, 0.1) is 10.1 Å². The molecule has 8 nitrogen and oxygen atoms in total. The van der Waals surface area contributed by atoms with Crippen molar-refractivity contribution < 1.29 is 4.92 Å². The zero-order valence-electron chi connectivity index (χ0n) is 9.89. The highest BCUT2D eigenvalue weighted by Gasteiger charge is 2.22. The Morgan fingerprint density at radius 3 is 3.00 bits per heavy atom. The van der Waals surface area contributed by atoms with Crippen LogP contribution in [-0.2, 0) is 0 Å².